The van der Waals surface area contributed by atoms with Gasteiger partial charge in [0.05, 0.1) is 0 Å². The Kier molecular flexibility index (Phi) is 19.0. The van der Waals surface area contributed by atoms with Gasteiger partial charge in [-0.2, -0.15) is 0 Å². The molecular formula is C40H65FeNP2. The molecule has 248 valence electrons. The van der Waals surface area contributed by atoms with Gasteiger partial charge in [0.2, 0.25) is 0 Å². The third-order valence-corrected chi connectivity index (χ3v) is 18.4. The Morgan fingerprint density at radius 1 is 0.568 bits per heavy atom. The first-order chi connectivity index (χ1) is 20.1. The molecule has 0 saturated heterocycles. The van der Waals surface area contributed by atoms with Crippen LogP contribution in [0.2, 0.25) is 0 Å². The molecule has 6 rings (SSSR count). The van der Waals surface area contributed by atoms with Crippen LogP contribution in [0.4, 0.5) is 0 Å². The van der Waals surface area contributed by atoms with E-state index in [1.165, 1.54) is 109 Å². The van der Waals surface area contributed by atoms with E-state index in [0.717, 1.165) is 28.6 Å². The zero-order valence-corrected chi connectivity index (χ0v) is 31.8. The predicted octanol–water partition coefficient (Wildman–Crippen LogP) is 11.2. The van der Waals surface area contributed by atoms with E-state index in [-0.39, 0.29) is 47.8 Å². The second kappa shape index (κ2) is 20.9. The van der Waals surface area contributed by atoms with Gasteiger partial charge in [-0.3, -0.25) is 0 Å². The van der Waals surface area contributed by atoms with E-state index in [9.17, 15) is 0 Å². The van der Waals surface area contributed by atoms with Crippen LogP contribution in [-0.4, -0.2) is 47.7 Å². The molecule has 0 heterocycles. The molecule has 44 heavy (non-hydrogen) atoms. The van der Waals surface area contributed by atoms with Gasteiger partial charge < -0.3 is 19.8 Å². The van der Waals surface area contributed by atoms with Crippen LogP contribution >= 0.6 is 15.8 Å². The number of nitrogens with zero attached hydrogens (tertiary/aromatic N) is 1. The maximum absolute atomic E-state index is 2.56. The van der Waals surface area contributed by atoms with Crippen LogP contribution in [0.25, 0.3) is 0 Å². The molecule has 4 heteroatoms. The summed E-state index contributed by atoms with van der Waals surface area (Å²) in [4.78, 5) is 2.56. The molecule has 4 aliphatic rings. The molecule has 4 atom stereocenters. The normalized spacial score (nSPS) is 25.0. The van der Waals surface area contributed by atoms with Crippen molar-refractivity contribution in [3.8, 4) is 0 Å². The van der Waals surface area contributed by atoms with E-state index >= 15 is 0 Å². The fourth-order valence-electron chi connectivity index (χ4n) is 8.74. The summed E-state index contributed by atoms with van der Waals surface area (Å²) in [6, 6.07) is 24.1. The first kappa shape index (κ1) is 40.0. The van der Waals surface area contributed by atoms with Gasteiger partial charge in [-0.15, -0.1) is 0 Å². The smallest absolute Gasteiger partial charge is 0.358 e. The molecule has 0 bridgehead atoms. The van der Waals surface area contributed by atoms with Crippen LogP contribution in [0.15, 0.2) is 60.7 Å². The van der Waals surface area contributed by atoms with Crippen molar-refractivity contribution in [3.05, 3.63) is 75.5 Å². The summed E-state index contributed by atoms with van der Waals surface area (Å²) in [5.41, 5.74) is 3.83. The van der Waals surface area contributed by atoms with Crippen molar-refractivity contribution in [2.45, 2.75) is 145 Å². The Bertz CT molecular complexity index is 920. The fraction of sp³-hybridized carbons (Fsp3) is 0.650. The minimum absolute atomic E-state index is 0. The molecule has 4 aliphatic carbocycles. The molecule has 3 unspecified atom stereocenters. The second-order valence-corrected chi connectivity index (χ2v) is 19.2. The van der Waals surface area contributed by atoms with Crippen molar-refractivity contribution in [2.24, 2.45) is 5.92 Å². The maximum Gasteiger partial charge on any atom is 2.00 e. The van der Waals surface area contributed by atoms with Crippen LogP contribution in [0.3, 0.4) is 0 Å². The minimum Gasteiger partial charge on any atom is -0.358 e. The molecule has 4 saturated carbocycles. The van der Waals surface area contributed by atoms with Crippen LogP contribution in [0, 0.1) is 20.8 Å². The average molecular weight is 678 g/mol. The van der Waals surface area contributed by atoms with Gasteiger partial charge >= 0.3 is 17.1 Å². The third-order valence-electron chi connectivity index (χ3n) is 11.1. The molecule has 0 spiro atoms. The summed E-state index contributed by atoms with van der Waals surface area (Å²) in [7, 11) is 4.39. The van der Waals surface area contributed by atoms with Crippen LogP contribution < -0.4 is 10.6 Å². The van der Waals surface area contributed by atoms with Gasteiger partial charge in [0.25, 0.3) is 0 Å². The van der Waals surface area contributed by atoms with E-state index in [4.69, 9.17) is 0 Å². The van der Waals surface area contributed by atoms with E-state index in [0.29, 0.717) is 6.04 Å². The molecule has 0 aliphatic heterocycles. The zero-order valence-electron chi connectivity index (χ0n) is 29.0. The molecule has 2 aromatic carbocycles. The Morgan fingerprint density at radius 2 is 0.955 bits per heavy atom. The molecule has 2 aromatic rings. The molecule has 0 amide bonds. The van der Waals surface area contributed by atoms with Crippen molar-refractivity contribution >= 4 is 26.5 Å². The summed E-state index contributed by atoms with van der Waals surface area (Å²) in [5.74, 6) is 0.859. The van der Waals surface area contributed by atoms with Crippen LogP contribution in [-0.2, 0) is 17.1 Å². The van der Waals surface area contributed by atoms with Crippen molar-refractivity contribution in [1.82, 2.24) is 4.90 Å². The Balaban J connectivity index is 0.000000769. The van der Waals surface area contributed by atoms with Gasteiger partial charge in [-0.1, -0.05) is 139 Å². The minimum atomic E-state index is -0.339. The van der Waals surface area contributed by atoms with Crippen molar-refractivity contribution in [1.29, 1.82) is 0 Å². The zero-order chi connectivity index (χ0) is 28.4. The Hall–Kier alpha value is -0.221. The van der Waals surface area contributed by atoms with E-state index in [1.807, 2.05) is 0 Å². The quantitative estimate of drug-likeness (QED) is 0.153. The summed E-state index contributed by atoms with van der Waals surface area (Å²) >= 11 is 0. The number of rotatable bonds is 8. The third kappa shape index (κ3) is 10.4. The van der Waals surface area contributed by atoms with Gasteiger partial charge in [-0.25, -0.2) is 0 Å². The van der Waals surface area contributed by atoms with Crippen molar-refractivity contribution < 1.29 is 17.1 Å². The fourth-order valence-corrected chi connectivity index (χ4v) is 17.5. The van der Waals surface area contributed by atoms with Gasteiger partial charge in [0.1, 0.15) is 0 Å². The Labute approximate surface area is 287 Å². The topological polar surface area (TPSA) is 3.24 Å². The van der Waals surface area contributed by atoms with Crippen molar-refractivity contribution in [2.75, 3.05) is 14.1 Å². The van der Waals surface area contributed by atoms with E-state index < -0.39 is 0 Å². The molecule has 0 radical (unpaired) electrons. The van der Waals surface area contributed by atoms with Crippen molar-refractivity contribution in [3.63, 3.8) is 0 Å². The van der Waals surface area contributed by atoms with Crippen LogP contribution in [0.1, 0.15) is 116 Å². The first-order valence-corrected chi connectivity index (χ1v) is 20.4. The maximum atomic E-state index is 2.56. The second-order valence-electron chi connectivity index (χ2n) is 13.8. The molecule has 1 nitrogen and oxygen atoms in total. The monoisotopic (exact) mass is 677 g/mol. The predicted molar refractivity (Wildman–Crippen MR) is 199 cm³/mol. The molecule has 4 fully saturated rings. The summed E-state index contributed by atoms with van der Waals surface area (Å²) < 4.78 is 0. The molecular weight excluding hydrogens is 612 g/mol. The average Bonchev–Trinajstić information content (AvgIpc) is 3.74. The summed E-state index contributed by atoms with van der Waals surface area (Å²) in [6.07, 6.45) is 25.4. The van der Waals surface area contributed by atoms with E-state index in [2.05, 4.69) is 86.6 Å². The number of hydrogen-bond donors (Lipinski definition) is 0. The molecule has 0 aromatic heterocycles. The molecule has 0 N–H and O–H groups in total. The summed E-state index contributed by atoms with van der Waals surface area (Å²) in [6.45, 7) is 2.56. The number of hydrogen-bond acceptors (Lipinski definition) is 1. The van der Waals surface area contributed by atoms with Gasteiger partial charge in [0.15, 0.2) is 0 Å². The SMILES string of the molecule is C1CCCC1.C[C@H](C1CCC(P(c2ccccc2)c2ccccc2)C1P(C1CCCCC1)C1CCCCC1)N(C)C.[CH3-].[CH3-].[Fe+2]. The van der Waals surface area contributed by atoms with Gasteiger partial charge in [0, 0.05) is 6.04 Å². The van der Waals surface area contributed by atoms with Gasteiger partial charge in [-0.05, 0) is 107 Å². The largest absolute Gasteiger partial charge is 2.00 e. The first-order valence-electron chi connectivity index (χ1n) is 17.5. The standard InChI is InChI=1S/C33H49NP2.C5H10.2CH3.Fe/c1-26(34(2)3)31-24-25-32(35(27-16-8-4-9-17-27)28-18-10-5-11-19-28)33(31)36(29-20-12-6-13-21-29)30-22-14-7-15-23-30;1-2-4-5-3-1;;;/h4-5,8-11,16-19,26,29-33H,6-7,12-15,20-25H2,1-3H3;1-5H2;2*1H3;/q;;2*-1;+2/t26-,31?,32?,33?;;;;/m1..../s1. The van der Waals surface area contributed by atoms with E-state index in [1.54, 1.807) is 10.6 Å². The number of benzene rings is 2. The van der Waals surface area contributed by atoms with Crippen LogP contribution in [0.5, 0.6) is 0 Å². The summed E-state index contributed by atoms with van der Waals surface area (Å²) in [5, 5.41) is 3.24. The Morgan fingerprint density at radius 3 is 1.34 bits per heavy atom.